The van der Waals surface area contributed by atoms with E-state index in [2.05, 4.69) is 0 Å². The molecule has 0 fully saturated rings. The molecule has 0 saturated carbocycles. The number of aldehydes is 1. The van der Waals surface area contributed by atoms with Crippen LogP contribution in [-0.2, 0) is 9.59 Å². The number of carbonyl (C=O) groups is 2. The summed E-state index contributed by atoms with van der Waals surface area (Å²) in [6.07, 6.45) is -0.0285. The molecule has 0 radical (unpaired) electrons. The zero-order valence-electron chi connectivity index (χ0n) is 4.16. The second-order valence-corrected chi connectivity index (χ2v) is 1.38. The van der Waals surface area contributed by atoms with E-state index in [0.29, 0.717) is 6.29 Å². The highest BCUT2D eigenvalue weighted by Gasteiger charge is 1.97. The Morgan fingerprint density at radius 3 is 2.50 bits per heavy atom. The SMILES string of the molecule is N[C@H](C=O)CC(=O)[O-]. The first-order valence-corrected chi connectivity index (χ1v) is 2.07. The number of nitrogens with two attached hydrogens (primary N) is 1. The standard InChI is InChI=1S/C4H7NO3/c5-3(2-6)1-4(7)8/h2-3H,1,5H2,(H,7,8)/p-1/t3-/m0/s1. The molecule has 0 rings (SSSR count). The quantitative estimate of drug-likeness (QED) is 0.418. The topological polar surface area (TPSA) is 83.2 Å². The highest BCUT2D eigenvalue weighted by molar-refractivity contribution is 5.71. The first-order chi connectivity index (χ1) is 3.66. The van der Waals surface area contributed by atoms with E-state index in [1.807, 2.05) is 0 Å². The predicted octanol–water partition coefficient (Wildman–Crippen LogP) is -2.35. The Balaban J connectivity index is 3.38. The summed E-state index contributed by atoms with van der Waals surface area (Å²) < 4.78 is 0. The first-order valence-electron chi connectivity index (χ1n) is 2.07. The molecule has 0 unspecified atom stereocenters. The van der Waals surface area contributed by atoms with Gasteiger partial charge in [-0.15, -0.1) is 0 Å². The molecule has 8 heavy (non-hydrogen) atoms. The second kappa shape index (κ2) is 3.15. The van der Waals surface area contributed by atoms with Crippen molar-refractivity contribution in [1.82, 2.24) is 0 Å². The Labute approximate surface area is 46.3 Å². The van der Waals surface area contributed by atoms with E-state index >= 15 is 0 Å². The third-order valence-electron chi connectivity index (χ3n) is 0.577. The van der Waals surface area contributed by atoms with E-state index in [1.165, 1.54) is 0 Å². The van der Waals surface area contributed by atoms with E-state index < -0.39 is 18.4 Å². The van der Waals surface area contributed by atoms with Gasteiger partial charge in [0.15, 0.2) is 0 Å². The lowest BCUT2D eigenvalue weighted by Crippen LogP contribution is -2.32. The Morgan fingerprint density at radius 1 is 1.88 bits per heavy atom. The molecule has 0 bridgehead atoms. The molecule has 0 saturated heterocycles. The number of hydrogen-bond donors (Lipinski definition) is 1. The van der Waals surface area contributed by atoms with Crippen LogP contribution in [0.25, 0.3) is 0 Å². The molecule has 46 valence electrons. The molecular weight excluding hydrogens is 110 g/mol. The van der Waals surface area contributed by atoms with Crippen LogP contribution in [0.2, 0.25) is 0 Å². The fourth-order valence-electron chi connectivity index (χ4n) is 0.241. The van der Waals surface area contributed by atoms with Crippen molar-refractivity contribution in [3.8, 4) is 0 Å². The molecule has 2 N–H and O–H groups in total. The maximum atomic E-state index is 9.62. The van der Waals surface area contributed by atoms with Gasteiger partial charge in [-0.05, 0) is 0 Å². The molecule has 0 aliphatic carbocycles. The van der Waals surface area contributed by atoms with Crippen LogP contribution in [0.5, 0.6) is 0 Å². The Hall–Kier alpha value is -0.900. The van der Waals surface area contributed by atoms with E-state index in [4.69, 9.17) is 5.73 Å². The molecule has 0 spiro atoms. The van der Waals surface area contributed by atoms with Crippen molar-refractivity contribution in [1.29, 1.82) is 0 Å². The summed E-state index contributed by atoms with van der Waals surface area (Å²) in [4.78, 5) is 19.2. The van der Waals surface area contributed by atoms with Crippen molar-refractivity contribution in [3.63, 3.8) is 0 Å². The van der Waals surface area contributed by atoms with Gasteiger partial charge in [0.05, 0.1) is 6.04 Å². The summed E-state index contributed by atoms with van der Waals surface area (Å²) in [7, 11) is 0. The largest absolute Gasteiger partial charge is 0.550 e. The lowest BCUT2D eigenvalue weighted by molar-refractivity contribution is -0.305. The summed E-state index contributed by atoms with van der Waals surface area (Å²) in [6.45, 7) is 0. The van der Waals surface area contributed by atoms with Gasteiger partial charge in [-0.2, -0.15) is 0 Å². The average molecular weight is 116 g/mol. The number of rotatable bonds is 3. The minimum atomic E-state index is -1.30. The van der Waals surface area contributed by atoms with Crippen LogP contribution < -0.4 is 10.8 Å². The van der Waals surface area contributed by atoms with E-state index in [-0.39, 0.29) is 0 Å². The van der Waals surface area contributed by atoms with Crippen LogP contribution in [0.1, 0.15) is 6.42 Å². The second-order valence-electron chi connectivity index (χ2n) is 1.38. The minimum Gasteiger partial charge on any atom is -0.550 e. The maximum Gasteiger partial charge on any atom is 0.137 e. The van der Waals surface area contributed by atoms with Gasteiger partial charge in [0, 0.05) is 12.4 Å². The Morgan fingerprint density at radius 2 is 2.38 bits per heavy atom. The van der Waals surface area contributed by atoms with E-state index in [1.54, 1.807) is 0 Å². The number of carbonyl (C=O) groups excluding carboxylic acids is 2. The fraction of sp³-hybridized carbons (Fsp3) is 0.500. The summed E-state index contributed by atoms with van der Waals surface area (Å²) in [5.74, 6) is -1.30. The van der Waals surface area contributed by atoms with E-state index in [0.717, 1.165) is 0 Å². The predicted molar refractivity (Wildman–Crippen MR) is 23.7 cm³/mol. The normalized spacial score (nSPS) is 12.6. The summed E-state index contributed by atoms with van der Waals surface area (Å²) in [6, 6.07) is -0.917. The molecular formula is C4H6NO3-. The molecule has 0 aromatic rings. The summed E-state index contributed by atoms with van der Waals surface area (Å²) in [5, 5.41) is 9.62. The molecule has 0 aliphatic rings. The van der Waals surface area contributed by atoms with Gasteiger partial charge in [-0.1, -0.05) is 0 Å². The molecule has 4 heteroatoms. The van der Waals surface area contributed by atoms with Crippen LogP contribution in [0.3, 0.4) is 0 Å². The van der Waals surface area contributed by atoms with Gasteiger partial charge < -0.3 is 20.4 Å². The maximum absolute atomic E-state index is 9.62. The molecule has 0 heterocycles. The highest BCUT2D eigenvalue weighted by Crippen LogP contribution is 1.77. The van der Waals surface area contributed by atoms with Crippen molar-refractivity contribution in [2.45, 2.75) is 12.5 Å². The van der Waals surface area contributed by atoms with Crippen LogP contribution in [0.4, 0.5) is 0 Å². The average Bonchev–Trinajstić information content (AvgIpc) is 1.65. The fourth-order valence-corrected chi connectivity index (χ4v) is 0.241. The highest BCUT2D eigenvalue weighted by atomic mass is 16.4. The number of carboxylic acid groups (broad SMARTS) is 1. The van der Waals surface area contributed by atoms with Crippen molar-refractivity contribution in [2.75, 3.05) is 0 Å². The molecule has 1 atom stereocenters. The lowest BCUT2D eigenvalue weighted by atomic mass is 10.2. The third-order valence-corrected chi connectivity index (χ3v) is 0.577. The smallest absolute Gasteiger partial charge is 0.137 e. The van der Waals surface area contributed by atoms with Gasteiger partial charge >= 0.3 is 0 Å². The molecule has 0 aromatic carbocycles. The van der Waals surface area contributed by atoms with Crippen LogP contribution in [-0.4, -0.2) is 18.3 Å². The Kier molecular flexibility index (Phi) is 2.79. The van der Waals surface area contributed by atoms with Crippen LogP contribution in [0, 0.1) is 0 Å². The van der Waals surface area contributed by atoms with Crippen molar-refractivity contribution >= 4 is 12.3 Å². The van der Waals surface area contributed by atoms with Gasteiger partial charge in [0.1, 0.15) is 6.29 Å². The third kappa shape index (κ3) is 3.30. The van der Waals surface area contributed by atoms with Crippen molar-refractivity contribution in [3.05, 3.63) is 0 Å². The number of aliphatic carboxylic acids is 1. The summed E-state index contributed by atoms with van der Waals surface area (Å²) >= 11 is 0. The number of hydrogen-bond acceptors (Lipinski definition) is 4. The van der Waals surface area contributed by atoms with Crippen molar-refractivity contribution in [2.24, 2.45) is 5.73 Å². The zero-order chi connectivity index (χ0) is 6.57. The van der Waals surface area contributed by atoms with Gasteiger partial charge in [-0.3, -0.25) is 0 Å². The summed E-state index contributed by atoms with van der Waals surface area (Å²) in [5.41, 5.74) is 4.88. The van der Waals surface area contributed by atoms with Crippen LogP contribution >= 0.6 is 0 Å². The van der Waals surface area contributed by atoms with E-state index in [9.17, 15) is 14.7 Å². The first kappa shape index (κ1) is 7.10. The van der Waals surface area contributed by atoms with Gasteiger partial charge in [0.2, 0.25) is 0 Å². The van der Waals surface area contributed by atoms with Crippen molar-refractivity contribution < 1.29 is 14.7 Å². The zero-order valence-corrected chi connectivity index (χ0v) is 4.16. The molecule has 4 nitrogen and oxygen atoms in total. The molecule has 0 aromatic heterocycles. The Bertz CT molecular complexity index is 101. The molecule has 0 amide bonds. The monoisotopic (exact) mass is 116 g/mol. The lowest BCUT2D eigenvalue weighted by Gasteiger charge is -2.01. The minimum absolute atomic E-state index is 0.371. The van der Waals surface area contributed by atoms with Gasteiger partial charge in [0.25, 0.3) is 0 Å². The molecule has 0 aliphatic heterocycles. The van der Waals surface area contributed by atoms with Crippen LogP contribution in [0.15, 0.2) is 0 Å². The van der Waals surface area contributed by atoms with Gasteiger partial charge in [-0.25, -0.2) is 0 Å². The number of carboxylic acids is 1.